The molecular weight excluding hydrogens is 182 g/mol. The standard InChI is InChI=1S/C14H23N/c1-4-13(2)10-11-15(3)12-14-8-6-5-7-9-14/h5-9,13H,4,10-12H2,1-3H3. The number of rotatable bonds is 6. The molecule has 1 aromatic rings. The van der Waals surface area contributed by atoms with Gasteiger partial charge in [0.1, 0.15) is 0 Å². The number of benzene rings is 1. The third-order valence-electron chi connectivity index (χ3n) is 3.00. The fourth-order valence-electron chi connectivity index (χ4n) is 1.62. The van der Waals surface area contributed by atoms with Gasteiger partial charge in [0, 0.05) is 6.54 Å². The first-order chi connectivity index (χ1) is 7.22. The predicted octanol–water partition coefficient (Wildman–Crippen LogP) is 3.55. The van der Waals surface area contributed by atoms with Crippen LogP contribution in [0.15, 0.2) is 30.3 Å². The van der Waals surface area contributed by atoms with E-state index in [2.05, 4.69) is 56.1 Å². The summed E-state index contributed by atoms with van der Waals surface area (Å²) in [5.41, 5.74) is 1.41. The van der Waals surface area contributed by atoms with Crippen molar-refractivity contribution in [2.75, 3.05) is 13.6 Å². The monoisotopic (exact) mass is 205 g/mol. The van der Waals surface area contributed by atoms with Gasteiger partial charge in [-0.05, 0) is 31.5 Å². The van der Waals surface area contributed by atoms with E-state index in [1.807, 2.05) is 0 Å². The highest BCUT2D eigenvalue weighted by atomic mass is 15.1. The summed E-state index contributed by atoms with van der Waals surface area (Å²) in [6.07, 6.45) is 2.60. The van der Waals surface area contributed by atoms with E-state index in [0.717, 1.165) is 12.5 Å². The van der Waals surface area contributed by atoms with Crippen LogP contribution in [0, 0.1) is 5.92 Å². The summed E-state index contributed by atoms with van der Waals surface area (Å²) in [6, 6.07) is 10.7. The van der Waals surface area contributed by atoms with E-state index in [0.29, 0.717) is 0 Å². The molecule has 0 N–H and O–H groups in total. The first-order valence-corrected chi connectivity index (χ1v) is 5.94. The highest BCUT2D eigenvalue weighted by Crippen LogP contribution is 2.09. The minimum atomic E-state index is 0.850. The van der Waals surface area contributed by atoms with E-state index in [1.165, 1.54) is 24.9 Å². The fraction of sp³-hybridized carbons (Fsp3) is 0.571. The maximum absolute atomic E-state index is 2.40. The van der Waals surface area contributed by atoms with E-state index < -0.39 is 0 Å². The van der Waals surface area contributed by atoms with Gasteiger partial charge in [0.2, 0.25) is 0 Å². The lowest BCUT2D eigenvalue weighted by atomic mass is 10.1. The van der Waals surface area contributed by atoms with Gasteiger partial charge in [-0.25, -0.2) is 0 Å². The van der Waals surface area contributed by atoms with Crippen LogP contribution in [-0.2, 0) is 6.54 Å². The topological polar surface area (TPSA) is 3.24 Å². The fourth-order valence-corrected chi connectivity index (χ4v) is 1.62. The molecule has 84 valence electrons. The quantitative estimate of drug-likeness (QED) is 0.686. The van der Waals surface area contributed by atoms with Gasteiger partial charge in [-0.3, -0.25) is 0 Å². The van der Waals surface area contributed by atoms with Crippen molar-refractivity contribution < 1.29 is 0 Å². The van der Waals surface area contributed by atoms with Gasteiger partial charge in [-0.1, -0.05) is 50.6 Å². The van der Waals surface area contributed by atoms with E-state index in [1.54, 1.807) is 0 Å². The van der Waals surface area contributed by atoms with Crippen molar-refractivity contribution in [3.8, 4) is 0 Å². The molecule has 1 unspecified atom stereocenters. The third-order valence-corrected chi connectivity index (χ3v) is 3.00. The smallest absolute Gasteiger partial charge is 0.0230 e. The third kappa shape index (κ3) is 4.98. The van der Waals surface area contributed by atoms with Crippen LogP contribution in [0.25, 0.3) is 0 Å². The summed E-state index contributed by atoms with van der Waals surface area (Å²) in [7, 11) is 2.20. The molecule has 0 aliphatic rings. The second-order valence-electron chi connectivity index (χ2n) is 4.53. The van der Waals surface area contributed by atoms with Crippen LogP contribution in [0.3, 0.4) is 0 Å². The van der Waals surface area contributed by atoms with Crippen molar-refractivity contribution in [3.63, 3.8) is 0 Å². The van der Waals surface area contributed by atoms with Crippen LogP contribution < -0.4 is 0 Å². The Morgan fingerprint density at radius 1 is 1.20 bits per heavy atom. The number of hydrogen-bond acceptors (Lipinski definition) is 1. The lowest BCUT2D eigenvalue weighted by molar-refractivity contribution is 0.296. The van der Waals surface area contributed by atoms with Crippen LogP contribution in [0.2, 0.25) is 0 Å². The van der Waals surface area contributed by atoms with Crippen molar-refractivity contribution in [2.24, 2.45) is 5.92 Å². The maximum atomic E-state index is 2.40. The van der Waals surface area contributed by atoms with Gasteiger partial charge in [0.15, 0.2) is 0 Å². The van der Waals surface area contributed by atoms with E-state index in [9.17, 15) is 0 Å². The first kappa shape index (κ1) is 12.3. The Kier molecular flexibility index (Phi) is 5.41. The Morgan fingerprint density at radius 3 is 2.47 bits per heavy atom. The van der Waals surface area contributed by atoms with Crippen LogP contribution >= 0.6 is 0 Å². The first-order valence-electron chi connectivity index (χ1n) is 5.94. The molecule has 0 heterocycles. The minimum absolute atomic E-state index is 0.850. The molecule has 1 nitrogen and oxygen atoms in total. The zero-order chi connectivity index (χ0) is 11.1. The van der Waals surface area contributed by atoms with Gasteiger partial charge in [0.25, 0.3) is 0 Å². The van der Waals surface area contributed by atoms with Crippen molar-refractivity contribution in [1.82, 2.24) is 4.90 Å². The zero-order valence-electron chi connectivity index (χ0n) is 10.2. The Labute approximate surface area is 94.1 Å². The van der Waals surface area contributed by atoms with Gasteiger partial charge in [-0.15, -0.1) is 0 Å². The molecule has 0 spiro atoms. The molecule has 1 aromatic carbocycles. The zero-order valence-corrected chi connectivity index (χ0v) is 10.2. The normalized spacial score (nSPS) is 13.1. The van der Waals surface area contributed by atoms with Gasteiger partial charge in [0.05, 0.1) is 0 Å². The van der Waals surface area contributed by atoms with Crippen LogP contribution in [0.5, 0.6) is 0 Å². The second kappa shape index (κ2) is 6.62. The lowest BCUT2D eigenvalue weighted by Gasteiger charge is -2.18. The molecule has 1 heteroatoms. The average molecular weight is 205 g/mol. The summed E-state index contributed by atoms with van der Waals surface area (Å²) in [5.74, 6) is 0.850. The van der Waals surface area contributed by atoms with Gasteiger partial charge < -0.3 is 4.90 Å². The number of hydrogen-bond donors (Lipinski definition) is 0. The Balaban J connectivity index is 2.27. The van der Waals surface area contributed by atoms with E-state index >= 15 is 0 Å². The molecule has 0 saturated carbocycles. The van der Waals surface area contributed by atoms with Crippen LogP contribution in [0.4, 0.5) is 0 Å². The van der Waals surface area contributed by atoms with Gasteiger partial charge in [-0.2, -0.15) is 0 Å². The molecule has 0 bridgehead atoms. The molecule has 15 heavy (non-hydrogen) atoms. The maximum Gasteiger partial charge on any atom is 0.0230 e. The molecule has 0 aliphatic carbocycles. The summed E-state index contributed by atoms with van der Waals surface area (Å²) in [4.78, 5) is 2.40. The highest BCUT2D eigenvalue weighted by Gasteiger charge is 2.03. The molecule has 0 aliphatic heterocycles. The average Bonchev–Trinajstić information content (AvgIpc) is 2.27. The Hall–Kier alpha value is -0.820. The van der Waals surface area contributed by atoms with Crippen molar-refractivity contribution in [2.45, 2.75) is 33.2 Å². The largest absolute Gasteiger partial charge is 0.302 e. The predicted molar refractivity (Wildman–Crippen MR) is 66.8 cm³/mol. The Bertz CT molecular complexity index is 255. The Morgan fingerprint density at radius 2 is 1.87 bits per heavy atom. The van der Waals surface area contributed by atoms with Crippen molar-refractivity contribution in [3.05, 3.63) is 35.9 Å². The van der Waals surface area contributed by atoms with E-state index in [4.69, 9.17) is 0 Å². The number of nitrogens with zero attached hydrogens (tertiary/aromatic N) is 1. The summed E-state index contributed by atoms with van der Waals surface area (Å²) < 4.78 is 0. The lowest BCUT2D eigenvalue weighted by Crippen LogP contribution is -2.20. The highest BCUT2D eigenvalue weighted by molar-refractivity contribution is 5.14. The summed E-state index contributed by atoms with van der Waals surface area (Å²) in [5, 5.41) is 0. The van der Waals surface area contributed by atoms with Crippen LogP contribution in [-0.4, -0.2) is 18.5 Å². The summed E-state index contributed by atoms with van der Waals surface area (Å²) >= 11 is 0. The SMILES string of the molecule is CCC(C)CCN(C)Cc1ccccc1. The second-order valence-corrected chi connectivity index (χ2v) is 4.53. The molecule has 0 amide bonds. The minimum Gasteiger partial charge on any atom is -0.302 e. The van der Waals surface area contributed by atoms with E-state index in [-0.39, 0.29) is 0 Å². The molecule has 0 aromatic heterocycles. The molecule has 1 rings (SSSR count). The molecule has 0 saturated heterocycles. The molecule has 0 fully saturated rings. The van der Waals surface area contributed by atoms with Gasteiger partial charge >= 0.3 is 0 Å². The molecule has 1 atom stereocenters. The van der Waals surface area contributed by atoms with Crippen molar-refractivity contribution >= 4 is 0 Å². The summed E-state index contributed by atoms with van der Waals surface area (Å²) in [6.45, 7) is 6.86. The van der Waals surface area contributed by atoms with Crippen LogP contribution in [0.1, 0.15) is 32.3 Å². The molecule has 0 radical (unpaired) electrons. The van der Waals surface area contributed by atoms with Crippen molar-refractivity contribution in [1.29, 1.82) is 0 Å². The molecular formula is C14H23N.